The molecule has 2 heterocycles. The van der Waals surface area contributed by atoms with Gasteiger partial charge in [-0.25, -0.2) is 4.79 Å². The molecule has 2 aliphatic rings. The number of carbonyl (C=O) groups excluding carboxylic acids is 1. The van der Waals surface area contributed by atoms with Crippen molar-refractivity contribution in [2.75, 3.05) is 13.1 Å². The van der Waals surface area contributed by atoms with E-state index in [1.165, 1.54) is 0 Å². The van der Waals surface area contributed by atoms with Crippen molar-refractivity contribution < 1.29 is 9.53 Å². The lowest BCUT2D eigenvalue weighted by atomic mass is 9.97. The summed E-state index contributed by atoms with van der Waals surface area (Å²) in [7, 11) is 0. The Morgan fingerprint density at radius 3 is 2.57 bits per heavy atom. The first-order valence-corrected chi connectivity index (χ1v) is 7.76. The number of nitrogens with zero attached hydrogens (tertiary/aromatic N) is 2. The fourth-order valence-corrected chi connectivity index (χ4v) is 3.62. The van der Waals surface area contributed by atoms with Crippen LogP contribution >= 0.6 is 0 Å². The Balaban J connectivity index is 2.21. The Labute approximate surface area is 128 Å². The molecule has 2 aliphatic heterocycles. The Morgan fingerprint density at radius 1 is 1.38 bits per heavy atom. The minimum Gasteiger partial charge on any atom is -0.444 e. The summed E-state index contributed by atoms with van der Waals surface area (Å²) in [6, 6.07) is 0.630. The van der Waals surface area contributed by atoms with Crippen LogP contribution in [0.2, 0.25) is 0 Å². The fourth-order valence-electron chi connectivity index (χ4n) is 3.62. The summed E-state index contributed by atoms with van der Waals surface area (Å²) in [5, 5.41) is 0. The molecule has 0 unspecified atom stereocenters. The highest BCUT2D eigenvalue weighted by atomic mass is 16.6. The first-order valence-electron chi connectivity index (χ1n) is 7.76. The molecule has 2 saturated heterocycles. The van der Waals surface area contributed by atoms with Crippen molar-refractivity contribution in [3.63, 3.8) is 0 Å². The molecule has 0 saturated carbocycles. The van der Waals surface area contributed by atoms with E-state index in [0.29, 0.717) is 0 Å². The molecule has 4 nitrogen and oxygen atoms in total. The van der Waals surface area contributed by atoms with E-state index in [2.05, 4.69) is 18.1 Å². The maximum Gasteiger partial charge on any atom is 0.410 e. The molecular formula is C17H28N2O2. The van der Waals surface area contributed by atoms with Crippen molar-refractivity contribution in [1.29, 1.82) is 0 Å². The lowest BCUT2D eigenvalue weighted by Gasteiger charge is -2.47. The highest BCUT2D eigenvalue weighted by Gasteiger charge is 2.49. The molecule has 4 heteroatoms. The van der Waals surface area contributed by atoms with Crippen molar-refractivity contribution in [3.8, 4) is 0 Å². The normalized spacial score (nSPS) is 29.3. The molecule has 0 aliphatic carbocycles. The Bertz CT molecular complexity index is 439. The van der Waals surface area contributed by atoms with E-state index in [1.54, 1.807) is 0 Å². The number of likely N-dealkylation sites (tertiary alicyclic amines) is 1. The molecule has 3 atom stereocenters. The SMILES string of the molecule is C=CCN1C[C@@H]2CC[C@H]([C@@H]1C(=C)C)N2C(=O)OC(C)(C)C. The third kappa shape index (κ3) is 3.31. The van der Waals surface area contributed by atoms with Gasteiger partial charge in [0.2, 0.25) is 0 Å². The summed E-state index contributed by atoms with van der Waals surface area (Å²) in [5.74, 6) is 0. The van der Waals surface area contributed by atoms with Crippen LogP contribution in [-0.2, 0) is 4.74 Å². The standard InChI is InChI=1S/C17H28N2O2/c1-7-10-18-11-13-8-9-14(15(18)12(2)3)19(13)16(20)21-17(4,5)6/h7,13-15H,1-2,8-11H2,3-6H3/t13-,14+,15-/m0/s1. The Hall–Kier alpha value is -1.29. The van der Waals surface area contributed by atoms with Gasteiger partial charge < -0.3 is 4.74 Å². The molecule has 0 spiro atoms. The Kier molecular flexibility index (Phi) is 4.47. The molecule has 0 aromatic heterocycles. The van der Waals surface area contributed by atoms with Gasteiger partial charge in [0, 0.05) is 19.1 Å². The minimum absolute atomic E-state index is 0.177. The largest absolute Gasteiger partial charge is 0.444 e. The second-order valence-corrected chi connectivity index (χ2v) is 7.22. The quantitative estimate of drug-likeness (QED) is 0.749. The van der Waals surface area contributed by atoms with Gasteiger partial charge in [0.05, 0.1) is 12.1 Å². The number of hydrogen-bond acceptors (Lipinski definition) is 3. The molecule has 21 heavy (non-hydrogen) atoms. The average molecular weight is 292 g/mol. The van der Waals surface area contributed by atoms with E-state index in [0.717, 1.165) is 31.5 Å². The second-order valence-electron chi connectivity index (χ2n) is 7.22. The highest BCUT2D eigenvalue weighted by Crippen LogP contribution is 2.37. The van der Waals surface area contributed by atoms with Crippen LogP contribution in [0.3, 0.4) is 0 Å². The lowest BCUT2D eigenvalue weighted by molar-refractivity contribution is -0.0137. The summed E-state index contributed by atoms with van der Waals surface area (Å²) in [6.07, 6.45) is 3.81. The highest BCUT2D eigenvalue weighted by molar-refractivity contribution is 5.70. The van der Waals surface area contributed by atoms with Crippen LogP contribution in [0, 0.1) is 0 Å². The molecule has 0 N–H and O–H groups in total. The number of amides is 1. The average Bonchev–Trinajstić information content (AvgIpc) is 2.62. The van der Waals surface area contributed by atoms with Gasteiger partial charge in [-0.3, -0.25) is 9.80 Å². The topological polar surface area (TPSA) is 32.8 Å². The summed E-state index contributed by atoms with van der Waals surface area (Å²) in [5.41, 5.74) is 0.656. The first-order chi connectivity index (χ1) is 9.74. The zero-order valence-corrected chi connectivity index (χ0v) is 13.8. The van der Waals surface area contributed by atoms with E-state index < -0.39 is 5.60 Å². The molecular weight excluding hydrogens is 264 g/mol. The van der Waals surface area contributed by atoms with Crippen LogP contribution in [0.15, 0.2) is 24.8 Å². The number of ether oxygens (including phenoxy) is 1. The van der Waals surface area contributed by atoms with Gasteiger partial charge in [0.1, 0.15) is 5.60 Å². The third-order valence-corrected chi connectivity index (χ3v) is 4.22. The summed E-state index contributed by atoms with van der Waals surface area (Å²) < 4.78 is 5.60. The van der Waals surface area contributed by atoms with Crippen molar-refractivity contribution in [3.05, 3.63) is 24.8 Å². The van der Waals surface area contributed by atoms with Crippen LogP contribution in [0.25, 0.3) is 0 Å². The summed E-state index contributed by atoms with van der Waals surface area (Å²) in [6.45, 7) is 17.5. The zero-order valence-electron chi connectivity index (χ0n) is 13.8. The summed E-state index contributed by atoms with van der Waals surface area (Å²) in [4.78, 5) is 16.9. The number of piperazine rings is 1. The lowest BCUT2D eigenvalue weighted by Crippen LogP contribution is -2.61. The van der Waals surface area contributed by atoms with Gasteiger partial charge >= 0.3 is 6.09 Å². The number of hydrogen-bond donors (Lipinski definition) is 0. The van der Waals surface area contributed by atoms with Crippen LogP contribution in [0.5, 0.6) is 0 Å². The van der Waals surface area contributed by atoms with Crippen LogP contribution < -0.4 is 0 Å². The predicted molar refractivity (Wildman–Crippen MR) is 85.3 cm³/mol. The maximum absolute atomic E-state index is 12.5. The molecule has 118 valence electrons. The van der Waals surface area contributed by atoms with Crippen molar-refractivity contribution in [2.45, 2.75) is 64.3 Å². The number of fused-ring (bicyclic) bond motifs is 2. The van der Waals surface area contributed by atoms with Gasteiger partial charge in [-0.15, -0.1) is 6.58 Å². The molecule has 0 aromatic carbocycles. The van der Waals surface area contributed by atoms with E-state index in [-0.39, 0.29) is 24.2 Å². The zero-order chi connectivity index (χ0) is 15.8. The Morgan fingerprint density at radius 2 is 2.05 bits per heavy atom. The van der Waals surface area contributed by atoms with E-state index in [9.17, 15) is 4.79 Å². The van der Waals surface area contributed by atoms with E-state index in [4.69, 9.17) is 4.74 Å². The maximum atomic E-state index is 12.5. The molecule has 2 bridgehead atoms. The van der Waals surface area contributed by atoms with Crippen LogP contribution in [-0.4, -0.2) is 52.7 Å². The third-order valence-electron chi connectivity index (χ3n) is 4.22. The molecule has 0 aromatic rings. The molecule has 2 rings (SSSR count). The predicted octanol–water partition coefficient (Wildman–Crippen LogP) is 3.20. The van der Waals surface area contributed by atoms with Gasteiger partial charge in [-0.1, -0.05) is 18.2 Å². The van der Waals surface area contributed by atoms with Crippen LogP contribution in [0.1, 0.15) is 40.5 Å². The minimum atomic E-state index is -0.451. The van der Waals surface area contributed by atoms with Crippen molar-refractivity contribution in [2.24, 2.45) is 0 Å². The van der Waals surface area contributed by atoms with Gasteiger partial charge in [-0.2, -0.15) is 0 Å². The monoisotopic (exact) mass is 292 g/mol. The van der Waals surface area contributed by atoms with Crippen molar-refractivity contribution in [1.82, 2.24) is 9.80 Å². The second kappa shape index (κ2) is 5.84. The molecule has 2 fully saturated rings. The number of rotatable bonds is 3. The van der Waals surface area contributed by atoms with E-state index >= 15 is 0 Å². The van der Waals surface area contributed by atoms with E-state index in [1.807, 2.05) is 38.7 Å². The molecule has 1 amide bonds. The fraction of sp³-hybridized carbons (Fsp3) is 0.706. The smallest absolute Gasteiger partial charge is 0.410 e. The van der Waals surface area contributed by atoms with Crippen LogP contribution in [0.4, 0.5) is 4.79 Å². The molecule has 0 radical (unpaired) electrons. The van der Waals surface area contributed by atoms with Crippen molar-refractivity contribution >= 4 is 6.09 Å². The number of carbonyl (C=O) groups is 1. The van der Waals surface area contributed by atoms with Gasteiger partial charge in [-0.05, 0) is 40.5 Å². The summed E-state index contributed by atoms with van der Waals surface area (Å²) >= 11 is 0. The first kappa shape index (κ1) is 16.1. The van der Waals surface area contributed by atoms with Gasteiger partial charge in [0.25, 0.3) is 0 Å². The van der Waals surface area contributed by atoms with Gasteiger partial charge in [0.15, 0.2) is 0 Å².